The number of carbonyl (C=O) groups excluding carboxylic acids is 1. The molecule has 7 heteroatoms. The van der Waals surface area contributed by atoms with Crippen LogP contribution >= 0.6 is 11.8 Å². The molecule has 0 aliphatic carbocycles. The lowest BCUT2D eigenvalue weighted by Crippen LogP contribution is -2.54. The van der Waals surface area contributed by atoms with Gasteiger partial charge >= 0.3 is 11.9 Å². The summed E-state index contributed by atoms with van der Waals surface area (Å²) in [5.41, 5.74) is 3.53. The van der Waals surface area contributed by atoms with Crippen molar-refractivity contribution in [1.29, 1.82) is 0 Å². The summed E-state index contributed by atoms with van der Waals surface area (Å²) in [6.07, 6.45) is 3.33. The first-order valence-electron chi connectivity index (χ1n) is 5.90. The molecule has 0 rings (SSSR count). The molecule has 0 aromatic rings. The highest BCUT2D eigenvalue weighted by molar-refractivity contribution is 7.99. The van der Waals surface area contributed by atoms with Crippen LogP contribution in [0.15, 0.2) is 12.2 Å². The Balaban J connectivity index is 4.54. The third-order valence-electron chi connectivity index (χ3n) is 2.48. The highest BCUT2D eigenvalue weighted by atomic mass is 32.2. The van der Waals surface area contributed by atoms with Gasteiger partial charge in [-0.25, -0.2) is 9.59 Å². The zero-order chi connectivity index (χ0) is 14.9. The van der Waals surface area contributed by atoms with E-state index >= 15 is 0 Å². The molecule has 0 heterocycles. The van der Waals surface area contributed by atoms with E-state index in [1.54, 1.807) is 0 Å². The predicted molar refractivity (Wildman–Crippen MR) is 73.2 cm³/mol. The number of unbranched alkanes of at least 4 members (excludes halogenated alkanes) is 1. The monoisotopic (exact) mass is 289 g/mol. The average molecular weight is 289 g/mol. The van der Waals surface area contributed by atoms with Crippen molar-refractivity contribution in [3.63, 3.8) is 0 Å². The molecule has 0 radical (unpaired) electrons. The molecule has 4 N–H and O–H groups in total. The van der Waals surface area contributed by atoms with Gasteiger partial charge in [0.1, 0.15) is 0 Å². The van der Waals surface area contributed by atoms with Crippen molar-refractivity contribution in [2.24, 2.45) is 5.73 Å². The number of rotatable bonds is 10. The molecule has 0 saturated heterocycles. The Bertz CT molecular complexity index is 369. The highest BCUT2D eigenvalue weighted by Crippen LogP contribution is 2.16. The molecule has 0 spiro atoms. The second-order valence-corrected chi connectivity index (χ2v) is 5.25. The van der Waals surface area contributed by atoms with Crippen LogP contribution in [0, 0.1) is 0 Å². The SMILES string of the molecule is CCCCSCCC(N)(C(=O)O)C(=O)C=CC(=O)O. The van der Waals surface area contributed by atoms with E-state index in [0.717, 1.165) is 18.6 Å². The minimum atomic E-state index is -2.05. The Morgan fingerprint density at radius 2 is 1.84 bits per heavy atom. The van der Waals surface area contributed by atoms with E-state index in [0.29, 0.717) is 17.9 Å². The first-order chi connectivity index (χ1) is 8.84. The summed E-state index contributed by atoms with van der Waals surface area (Å²) in [7, 11) is 0. The molecule has 0 fully saturated rings. The third kappa shape index (κ3) is 6.40. The molecular weight excluding hydrogens is 270 g/mol. The quantitative estimate of drug-likeness (QED) is 0.310. The van der Waals surface area contributed by atoms with Gasteiger partial charge in [-0.15, -0.1) is 0 Å². The number of thioether (sulfide) groups is 1. The van der Waals surface area contributed by atoms with E-state index in [4.69, 9.17) is 15.9 Å². The molecule has 6 nitrogen and oxygen atoms in total. The van der Waals surface area contributed by atoms with Crippen molar-refractivity contribution in [2.45, 2.75) is 31.7 Å². The van der Waals surface area contributed by atoms with Gasteiger partial charge in [0.05, 0.1) is 0 Å². The number of aliphatic carboxylic acids is 2. The van der Waals surface area contributed by atoms with Crippen LogP contribution in [0.25, 0.3) is 0 Å². The topological polar surface area (TPSA) is 118 Å². The minimum absolute atomic E-state index is 0.0283. The molecule has 0 aliphatic rings. The van der Waals surface area contributed by atoms with Crippen molar-refractivity contribution in [2.75, 3.05) is 11.5 Å². The Labute approximate surface area is 116 Å². The smallest absolute Gasteiger partial charge is 0.331 e. The van der Waals surface area contributed by atoms with E-state index in [1.807, 2.05) is 6.92 Å². The lowest BCUT2D eigenvalue weighted by Gasteiger charge is -2.21. The van der Waals surface area contributed by atoms with E-state index in [-0.39, 0.29) is 6.42 Å². The fraction of sp³-hybridized carbons (Fsp3) is 0.583. The standard InChI is InChI=1S/C12H19NO5S/c1-2-3-7-19-8-6-12(13,11(17)18)9(14)4-5-10(15)16/h4-5H,2-3,6-8,13H2,1H3,(H,15,16)(H,17,18). The molecule has 19 heavy (non-hydrogen) atoms. The van der Waals surface area contributed by atoms with Gasteiger partial charge in [-0.1, -0.05) is 13.3 Å². The summed E-state index contributed by atoms with van der Waals surface area (Å²) in [6.45, 7) is 2.05. The van der Waals surface area contributed by atoms with Gasteiger partial charge in [-0.05, 0) is 30.4 Å². The molecule has 1 atom stereocenters. The lowest BCUT2D eigenvalue weighted by atomic mass is 9.92. The van der Waals surface area contributed by atoms with Crippen LogP contribution in [-0.2, 0) is 14.4 Å². The maximum absolute atomic E-state index is 11.7. The largest absolute Gasteiger partial charge is 0.480 e. The second-order valence-electron chi connectivity index (χ2n) is 4.03. The molecule has 0 aromatic heterocycles. The van der Waals surface area contributed by atoms with Crippen LogP contribution in [-0.4, -0.2) is 45.0 Å². The fourth-order valence-corrected chi connectivity index (χ4v) is 2.38. The lowest BCUT2D eigenvalue weighted by molar-refractivity contribution is -0.147. The third-order valence-corrected chi connectivity index (χ3v) is 3.55. The van der Waals surface area contributed by atoms with E-state index < -0.39 is 23.3 Å². The maximum atomic E-state index is 11.7. The molecule has 0 saturated carbocycles. The minimum Gasteiger partial charge on any atom is -0.480 e. The number of ketones is 1. The Hall–Kier alpha value is -1.34. The van der Waals surface area contributed by atoms with Crippen LogP contribution in [0.2, 0.25) is 0 Å². The van der Waals surface area contributed by atoms with Crippen molar-refractivity contribution in [1.82, 2.24) is 0 Å². The number of hydrogen-bond donors (Lipinski definition) is 3. The van der Waals surface area contributed by atoms with Gasteiger partial charge in [-0.3, -0.25) is 4.79 Å². The summed E-state index contributed by atoms with van der Waals surface area (Å²) in [6, 6.07) is 0. The summed E-state index contributed by atoms with van der Waals surface area (Å²) in [4.78, 5) is 33.1. The van der Waals surface area contributed by atoms with Crippen molar-refractivity contribution < 1.29 is 24.6 Å². The summed E-state index contributed by atoms with van der Waals surface area (Å²) in [5.74, 6) is -2.35. The summed E-state index contributed by atoms with van der Waals surface area (Å²) < 4.78 is 0. The van der Waals surface area contributed by atoms with Crippen LogP contribution < -0.4 is 5.73 Å². The molecule has 0 amide bonds. The predicted octanol–water partition coefficient (Wildman–Crippen LogP) is 0.902. The Morgan fingerprint density at radius 1 is 1.21 bits per heavy atom. The second kappa shape index (κ2) is 8.71. The van der Waals surface area contributed by atoms with Gasteiger partial charge in [0.25, 0.3) is 0 Å². The number of carbonyl (C=O) groups is 3. The normalized spacial score (nSPS) is 14.2. The maximum Gasteiger partial charge on any atom is 0.331 e. The van der Waals surface area contributed by atoms with E-state index in [2.05, 4.69) is 0 Å². The zero-order valence-electron chi connectivity index (χ0n) is 10.8. The first-order valence-corrected chi connectivity index (χ1v) is 7.05. The molecule has 108 valence electrons. The van der Waals surface area contributed by atoms with Crippen LogP contribution in [0.3, 0.4) is 0 Å². The Kier molecular flexibility index (Phi) is 8.09. The number of nitrogens with two attached hydrogens (primary N) is 1. The molecule has 1 unspecified atom stereocenters. The van der Waals surface area contributed by atoms with Crippen LogP contribution in [0.1, 0.15) is 26.2 Å². The number of carboxylic acid groups (broad SMARTS) is 2. The average Bonchev–Trinajstić information content (AvgIpc) is 2.34. The fourth-order valence-electron chi connectivity index (χ4n) is 1.21. The zero-order valence-corrected chi connectivity index (χ0v) is 11.6. The van der Waals surface area contributed by atoms with Crippen molar-refractivity contribution in [3.05, 3.63) is 12.2 Å². The number of hydrogen-bond acceptors (Lipinski definition) is 5. The van der Waals surface area contributed by atoms with Gasteiger partial charge in [-0.2, -0.15) is 11.8 Å². The van der Waals surface area contributed by atoms with Crippen molar-refractivity contribution >= 4 is 29.5 Å². The van der Waals surface area contributed by atoms with Gasteiger partial charge in [0, 0.05) is 6.08 Å². The van der Waals surface area contributed by atoms with Gasteiger partial charge in [0.2, 0.25) is 0 Å². The molecule has 0 bridgehead atoms. The molecule has 0 aliphatic heterocycles. The van der Waals surface area contributed by atoms with Crippen LogP contribution in [0.4, 0.5) is 0 Å². The Morgan fingerprint density at radius 3 is 2.32 bits per heavy atom. The summed E-state index contributed by atoms with van der Waals surface area (Å²) in [5, 5.41) is 17.4. The summed E-state index contributed by atoms with van der Waals surface area (Å²) >= 11 is 1.53. The van der Waals surface area contributed by atoms with Crippen molar-refractivity contribution in [3.8, 4) is 0 Å². The number of carboxylic acids is 2. The molecular formula is C12H19NO5S. The van der Waals surface area contributed by atoms with E-state index in [9.17, 15) is 14.4 Å². The van der Waals surface area contributed by atoms with Gasteiger partial charge in [0.15, 0.2) is 11.3 Å². The first kappa shape index (κ1) is 17.7. The van der Waals surface area contributed by atoms with E-state index in [1.165, 1.54) is 11.8 Å². The van der Waals surface area contributed by atoms with Gasteiger partial charge < -0.3 is 15.9 Å². The molecule has 0 aromatic carbocycles. The highest BCUT2D eigenvalue weighted by Gasteiger charge is 2.40. The van der Waals surface area contributed by atoms with Crippen LogP contribution in [0.5, 0.6) is 0 Å².